The number of carbonyl (C=O) groups excluding carboxylic acids is 3. The lowest BCUT2D eigenvalue weighted by Gasteiger charge is -2.21. The summed E-state index contributed by atoms with van der Waals surface area (Å²) in [4.78, 5) is 38.3. The van der Waals surface area contributed by atoms with Crippen LogP contribution in [-0.4, -0.2) is 29.2 Å². The molecular weight excluding hydrogens is 316 g/mol. The summed E-state index contributed by atoms with van der Waals surface area (Å²) in [7, 11) is 0. The first kappa shape index (κ1) is 15.6. The highest BCUT2D eigenvalue weighted by atomic mass is 16.2. The summed E-state index contributed by atoms with van der Waals surface area (Å²) in [5.74, 6) is -0.694. The van der Waals surface area contributed by atoms with Crippen LogP contribution >= 0.6 is 0 Å². The van der Waals surface area contributed by atoms with Gasteiger partial charge in [-0.3, -0.25) is 19.3 Å². The van der Waals surface area contributed by atoms with Crippen LogP contribution in [0.1, 0.15) is 45.2 Å². The molecule has 0 unspecified atom stereocenters. The topological polar surface area (TPSA) is 66.5 Å². The van der Waals surface area contributed by atoms with Crippen molar-refractivity contribution in [2.24, 2.45) is 5.92 Å². The van der Waals surface area contributed by atoms with Crippen molar-refractivity contribution in [1.29, 1.82) is 0 Å². The SMILES string of the molecule is O=C(CN1C(=O)c2ccccc2C1=O)N[C@H](c1ccccc1)C1CC1. The molecule has 1 atom stereocenters. The number of amides is 3. The van der Waals surface area contributed by atoms with Gasteiger partial charge < -0.3 is 5.32 Å². The normalized spacial score (nSPS) is 17.4. The Bertz CT molecular complexity index is 808. The standard InChI is InChI=1S/C20H18N2O3/c23-17(21-18(14-10-11-14)13-6-2-1-3-7-13)12-22-19(24)15-8-4-5-9-16(15)20(22)25/h1-9,14,18H,10-12H2,(H,21,23)/t18-/m1/s1. The molecule has 1 saturated carbocycles. The number of nitrogens with zero attached hydrogens (tertiary/aromatic N) is 1. The number of hydrogen-bond acceptors (Lipinski definition) is 3. The van der Waals surface area contributed by atoms with Crippen molar-refractivity contribution in [2.45, 2.75) is 18.9 Å². The van der Waals surface area contributed by atoms with Crippen LogP contribution in [0.2, 0.25) is 0 Å². The Hall–Kier alpha value is -2.95. The molecule has 2 aliphatic rings. The van der Waals surface area contributed by atoms with Crippen molar-refractivity contribution >= 4 is 17.7 Å². The van der Waals surface area contributed by atoms with Crippen molar-refractivity contribution in [1.82, 2.24) is 10.2 Å². The average Bonchev–Trinajstić information content (AvgIpc) is 3.45. The summed E-state index contributed by atoms with van der Waals surface area (Å²) >= 11 is 0. The molecule has 0 radical (unpaired) electrons. The van der Waals surface area contributed by atoms with Gasteiger partial charge in [0, 0.05) is 0 Å². The summed E-state index contributed by atoms with van der Waals surface area (Å²) in [6.45, 7) is -0.248. The first-order valence-corrected chi connectivity index (χ1v) is 8.44. The Kier molecular flexibility index (Phi) is 3.84. The molecule has 0 aromatic heterocycles. The number of imide groups is 1. The van der Waals surface area contributed by atoms with Gasteiger partial charge in [-0.1, -0.05) is 42.5 Å². The Morgan fingerprint density at radius 1 is 0.960 bits per heavy atom. The largest absolute Gasteiger partial charge is 0.347 e. The summed E-state index contributed by atoms with van der Waals surface area (Å²) in [6.07, 6.45) is 2.15. The van der Waals surface area contributed by atoms with Gasteiger partial charge in [0.1, 0.15) is 6.54 Å². The molecule has 3 amide bonds. The van der Waals surface area contributed by atoms with E-state index in [2.05, 4.69) is 5.32 Å². The molecule has 1 heterocycles. The van der Waals surface area contributed by atoms with Crippen molar-refractivity contribution in [3.05, 3.63) is 71.3 Å². The van der Waals surface area contributed by atoms with E-state index in [9.17, 15) is 14.4 Å². The van der Waals surface area contributed by atoms with Crippen LogP contribution in [0.5, 0.6) is 0 Å². The lowest BCUT2D eigenvalue weighted by Crippen LogP contribution is -2.42. The predicted octanol–water partition coefficient (Wildman–Crippen LogP) is 2.55. The lowest BCUT2D eigenvalue weighted by atomic mass is 10.0. The zero-order chi connectivity index (χ0) is 17.4. The lowest BCUT2D eigenvalue weighted by molar-refractivity contribution is -0.122. The van der Waals surface area contributed by atoms with E-state index < -0.39 is 11.8 Å². The molecule has 0 spiro atoms. The second-order valence-electron chi connectivity index (χ2n) is 6.54. The molecule has 5 nitrogen and oxygen atoms in total. The van der Waals surface area contributed by atoms with Gasteiger partial charge in [-0.2, -0.15) is 0 Å². The minimum absolute atomic E-state index is 0.0658. The number of nitrogens with one attached hydrogen (secondary N) is 1. The second kappa shape index (κ2) is 6.16. The van der Waals surface area contributed by atoms with Crippen LogP contribution in [0.3, 0.4) is 0 Å². The molecule has 1 aliphatic carbocycles. The van der Waals surface area contributed by atoms with E-state index in [4.69, 9.17) is 0 Å². The third-order valence-corrected chi connectivity index (χ3v) is 4.75. The summed E-state index contributed by atoms with van der Waals surface area (Å²) < 4.78 is 0. The highest BCUT2D eigenvalue weighted by Crippen LogP contribution is 2.40. The Morgan fingerprint density at radius 3 is 2.08 bits per heavy atom. The molecule has 1 N–H and O–H groups in total. The number of carbonyl (C=O) groups is 3. The van der Waals surface area contributed by atoms with Gasteiger partial charge in [-0.25, -0.2) is 0 Å². The predicted molar refractivity (Wildman–Crippen MR) is 91.9 cm³/mol. The average molecular weight is 334 g/mol. The van der Waals surface area contributed by atoms with Gasteiger partial charge in [0.2, 0.25) is 5.91 Å². The Balaban J connectivity index is 1.47. The molecule has 0 bridgehead atoms. The van der Waals surface area contributed by atoms with Crippen LogP contribution in [0.25, 0.3) is 0 Å². The van der Waals surface area contributed by atoms with Gasteiger partial charge in [0.05, 0.1) is 17.2 Å². The van der Waals surface area contributed by atoms with Crippen LogP contribution < -0.4 is 5.32 Å². The number of rotatable bonds is 5. The smallest absolute Gasteiger partial charge is 0.262 e. The van der Waals surface area contributed by atoms with Gasteiger partial charge in [-0.15, -0.1) is 0 Å². The van der Waals surface area contributed by atoms with Crippen molar-refractivity contribution in [3.8, 4) is 0 Å². The molecule has 4 rings (SSSR count). The molecule has 2 aromatic carbocycles. The zero-order valence-electron chi connectivity index (χ0n) is 13.6. The first-order valence-electron chi connectivity index (χ1n) is 8.44. The maximum absolute atomic E-state index is 12.5. The van der Waals surface area contributed by atoms with Gasteiger partial charge in [-0.05, 0) is 36.5 Å². The highest BCUT2D eigenvalue weighted by Gasteiger charge is 2.38. The van der Waals surface area contributed by atoms with Crippen molar-refractivity contribution in [2.75, 3.05) is 6.54 Å². The minimum atomic E-state index is -0.404. The zero-order valence-corrected chi connectivity index (χ0v) is 13.6. The molecule has 5 heteroatoms. The number of benzene rings is 2. The summed E-state index contributed by atoms with van der Waals surface area (Å²) in [6, 6.07) is 16.4. The highest BCUT2D eigenvalue weighted by molar-refractivity contribution is 6.22. The third kappa shape index (κ3) is 2.93. The molecule has 25 heavy (non-hydrogen) atoms. The van der Waals surface area contributed by atoms with E-state index in [1.807, 2.05) is 30.3 Å². The fraction of sp³-hybridized carbons (Fsp3) is 0.250. The maximum Gasteiger partial charge on any atom is 0.262 e. The van der Waals surface area contributed by atoms with Gasteiger partial charge >= 0.3 is 0 Å². The summed E-state index contributed by atoms with van der Waals surface area (Å²) in [5, 5.41) is 3.00. The van der Waals surface area contributed by atoms with Crippen molar-refractivity contribution in [3.63, 3.8) is 0 Å². The molecule has 0 saturated heterocycles. The van der Waals surface area contributed by atoms with Gasteiger partial charge in [0.15, 0.2) is 0 Å². The van der Waals surface area contributed by atoms with E-state index in [1.165, 1.54) is 0 Å². The Labute approximate surface area is 145 Å². The van der Waals surface area contributed by atoms with Gasteiger partial charge in [0.25, 0.3) is 11.8 Å². The van der Waals surface area contributed by atoms with Crippen LogP contribution in [-0.2, 0) is 4.79 Å². The molecule has 126 valence electrons. The molecule has 1 aliphatic heterocycles. The number of hydrogen-bond donors (Lipinski definition) is 1. The maximum atomic E-state index is 12.5. The van der Waals surface area contributed by atoms with E-state index in [1.54, 1.807) is 24.3 Å². The van der Waals surface area contributed by atoms with Crippen LogP contribution in [0, 0.1) is 5.92 Å². The van der Waals surface area contributed by atoms with Crippen molar-refractivity contribution < 1.29 is 14.4 Å². The van der Waals surface area contributed by atoms with E-state index >= 15 is 0 Å². The second-order valence-corrected chi connectivity index (χ2v) is 6.54. The monoisotopic (exact) mass is 334 g/mol. The first-order chi connectivity index (χ1) is 12.1. The van der Waals surface area contributed by atoms with Crippen LogP contribution in [0.4, 0.5) is 0 Å². The quantitative estimate of drug-likeness (QED) is 0.855. The fourth-order valence-electron chi connectivity index (χ4n) is 3.31. The Morgan fingerprint density at radius 2 is 1.52 bits per heavy atom. The third-order valence-electron chi connectivity index (χ3n) is 4.75. The van der Waals surface area contributed by atoms with E-state index in [0.29, 0.717) is 17.0 Å². The fourth-order valence-corrected chi connectivity index (χ4v) is 3.31. The number of fused-ring (bicyclic) bond motifs is 1. The van der Waals surface area contributed by atoms with E-state index in [0.717, 1.165) is 23.3 Å². The summed E-state index contributed by atoms with van der Waals surface area (Å²) in [5.41, 5.74) is 1.78. The molecule has 2 aromatic rings. The molecular formula is C20H18N2O3. The van der Waals surface area contributed by atoms with Crippen LogP contribution in [0.15, 0.2) is 54.6 Å². The minimum Gasteiger partial charge on any atom is -0.347 e. The van der Waals surface area contributed by atoms with E-state index in [-0.39, 0.29) is 18.5 Å². The molecule has 1 fully saturated rings.